The third-order valence-electron chi connectivity index (χ3n) is 2.60. The van der Waals surface area contributed by atoms with E-state index < -0.39 is 30.4 Å². The van der Waals surface area contributed by atoms with E-state index in [0.717, 1.165) is 10.2 Å². The number of rotatable bonds is 5. The fourth-order valence-corrected chi connectivity index (χ4v) is 2.38. The number of nitrogens with one attached hydrogen (secondary N) is 2. The first kappa shape index (κ1) is 14.7. The molecule has 0 aliphatic carbocycles. The number of carboxylic acid groups (broad SMARTS) is 1. The van der Waals surface area contributed by atoms with Gasteiger partial charge >= 0.3 is 12.0 Å². The summed E-state index contributed by atoms with van der Waals surface area (Å²) in [5.41, 5.74) is 7.91. The maximum absolute atomic E-state index is 11.7. The monoisotopic (exact) mass is 308 g/mol. The minimum absolute atomic E-state index is 0.476. The molecule has 0 spiro atoms. The Balaban J connectivity index is 2.02. The summed E-state index contributed by atoms with van der Waals surface area (Å²) >= 11 is 1.42. The maximum atomic E-state index is 11.7. The zero-order chi connectivity index (χ0) is 15.4. The second-order valence-corrected chi connectivity index (χ2v) is 5.08. The van der Waals surface area contributed by atoms with Crippen molar-refractivity contribution in [1.29, 1.82) is 0 Å². The molecule has 0 fully saturated rings. The van der Waals surface area contributed by atoms with Crippen LogP contribution in [0.25, 0.3) is 10.2 Å². The molecule has 0 aliphatic rings. The highest BCUT2D eigenvalue weighted by atomic mass is 32.1. The van der Waals surface area contributed by atoms with Gasteiger partial charge in [0.1, 0.15) is 6.04 Å². The van der Waals surface area contributed by atoms with Crippen LogP contribution in [0.15, 0.2) is 23.7 Å². The summed E-state index contributed by atoms with van der Waals surface area (Å²) in [6.45, 7) is 0. The van der Waals surface area contributed by atoms with Crippen LogP contribution in [-0.4, -0.2) is 34.0 Å². The molecule has 5 N–H and O–H groups in total. The number of fused-ring (bicyclic) bond motifs is 1. The summed E-state index contributed by atoms with van der Waals surface area (Å²) < 4.78 is 0.889. The molecule has 9 heteroatoms. The Morgan fingerprint density at radius 1 is 1.38 bits per heavy atom. The van der Waals surface area contributed by atoms with E-state index in [-0.39, 0.29) is 0 Å². The first-order chi connectivity index (χ1) is 9.95. The van der Waals surface area contributed by atoms with Crippen molar-refractivity contribution in [3.05, 3.63) is 23.7 Å². The Labute approximate surface area is 123 Å². The molecule has 2 rings (SSSR count). The third kappa shape index (κ3) is 3.89. The second kappa shape index (κ2) is 6.18. The van der Waals surface area contributed by atoms with E-state index in [1.807, 2.05) is 0 Å². The number of carboxylic acids is 1. The SMILES string of the molecule is NC(=O)C[C@@H](NC(=O)Nc1ccc2ncsc2c1)C(=O)O. The Bertz CT molecular complexity index is 699. The van der Waals surface area contributed by atoms with Crippen molar-refractivity contribution in [2.24, 2.45) is 5.73 Å². The van der Waals surface area contributed by atoms with E-state index in [2.05, 4.69) is 15.6 Å². The van der Waals surface area contributed by atoms with Crippen LogP contribution < -0.4 is 16.4 Å². The zero-order valence-corrected chi connectivity index (χ0v) is 11.5. The van der Waals surface area contributed by atoms with Crippen LogP contribution >= 0.6 is 11.3 Å². The molecule has 1 atom stereocenters. The van der Waals surface area contributed by atoms with Crippen LogP contribution in [-0.2, 0) is 9.59 Å². The van der Waals surface area contributed by atoms with Gasteiger partial charge in [-0.05, 0) is 18.2 Å². The molecule has 1 aromatic heterocycles. The van der Waals surface area contributed by atoms with Crippen LogP contribution in [0, 0.1) is 0 Å². The number of amides is 3. The molecule has 0 bridgehead atoms. The van der Waals surface area contributed by atoms with Crippen molar-refractivity contribution >= 4 is 45.1 Å². The number of aliphatic carboxylic acids is 1. The number of nitrogens with two attached hydrogens (primary N) is 1. The van der Waals surface area contributed by atoms with Crippen LogP contribution in [0.2, 0.25) is 0 Å². The number of thiazole rings is 1. The molecule has 2 aromatic rings. The topological polar surface area (TPSA) is 134 Å². The number of urea groups is 1. The van der Waals surface area contributed by atoms with Crippen LogP contribution in [0.1, 0.15) is 6.42 Å². The standard InChI is InChI=1S/C12H12N4O4S/c13-10(17)4-8(11(18)19)16-12(20)15-6-1-2-7-9(3-6)21-5-14-7/h1-3,5,8H,4H2,(H2,13,17)(H,18,19)(H2,15,16,20)/t8-/m1/s1. The molecule has 0 saturated heterocycles. The Kier molecular flexibility index (Phi) is 4.33. The summed E-state index contributed by atoms with van der Waals surface area (Å²) in [5, 5.41) is 13.6. The highest BCUT2D eigenvalue weighted by Crippen LogP contribution is 2.21. The van der Waals surface area contributed by atoms with Gasteiger partial charge in [0.2, 0.25) is 5.91 Å². The normalized spacial score (nSPS) is 11.8. The van der Waals surface area contributed by atoms with E-state index in [0.29, 0.717) is 5.69 Å². The van der Waals surface area contributed by atoms with Gasteiger partial charge in [-0.15, -0.1) is 11.3 Å². The van der Waals surface area contributed by atoms with E-state index in [9.17, 15) is 14.4 Å². The van der Waals surface area contributed by atoms with Crippen LogP contribution in [0.4, 0.5) is 10.5 Å². The van der Waals surface area contributed by atoms with E-state index in [1.165, 1.54) is 11.3 Å². The average Bonchev–Trinajstić information content (AvgIpc) is 2.84. The van der Waals surface area contributed by atoms with Crippen molar-refractivity contribution in [2.45, 2.75) is 12.5 Å². The first-order valence-electron chi connectivity index (χ1n) is 5.87. The Hall–Kier alpha value is -2.68. The molecule has 3 amide bonds. The van der Waals surface area contributed by atoms with Gasteiger partial charge in [-0.2, -0.15) is 0 Å². The van der Waals surface area contributed by atoms with Crippen molar-refractivity contribution < 1.29 is 19.5 Å². The van der Waals surface area contributed by atoms with Crippen molar-refractivity contribution in [3.63, 3.8) is 0 Å². The molecule has 21 heavy (non-hydrogen) atoms. The van der Waals surface area contributed by atoms with Crippen molar-refractivity contribution in [2.75, 3.05) is 5.32 Å². The summed E-state index contributed by atoms with van der Waals surface area (Å²) in [5.74, 6) is -2.14. The van der Waals surface area contributed by atoms with E-state index in [4.69, 9.17) is 10.8 Å². The number of benzene rings is 1. The fraction of sp³-hybridized carbons (Fsp3) is 0.167. The second-order valence-electron chi connectivity index (χ2n) is 4.19. The molecule has 8 nitrogen and oxygen atoms in total. The molecular formula is C12H12N4O4S. The van der Waals surface area contributed by atoms with Gasteiger partial charge in [0.25, 0.3) is 0 Å². The van der Waals surface area contributed by atoms with Gasteiger partial charge in [0.15, 0.2) is 0 Å². The molecule has 110 valence electrons. The smallest absolute Gasteiger partial charge is 0.326 e. The van der Waals surface area contributed by atoms with Crippen LogP contribution in [0.5, 0.6) is 0 Å². The Morgan fingerprint density at radius 2 is 2.14 bits per heavy atom. The number of nitrogens with zero attached hydrogens (tertiary/aromatic N) is 1. The molecule has 0 aliphatic heterocycles. The van der Waals surface area contributed by atoms with E-state index >= 15 is 0 Å². The minimum atomic E-state index is -1.37. The van der Waals surface area contributed by atoms with Crippen molar-refractivity contribution in [3.8, 4) is 0 Å². The van der Waals surface area contributed by atoms with Crippen LogP contribution in [0.3, 0.4) is 0 Å². The summed E-state index contributed by atoms with van der Waals surface area (Å²) in [4.78, 5) is 37.5. The lowest BCUT2D eigenvalue weighted by Crippen LogP contribution is -2.45. The molecule has 0 radical (unpaired) electrons. The summed E-state index contributed by atoms with van der Waals surface area (Å²) in [6.07, 6.45) is -0.476. The zero-order valence-electron chi connectivity index (χ0n) is 10.7. The first-order valence-corrected chi connectivity index (χ1v) is 6.75. The van der Waals surface area contributed by atoms with Crippen molar-refractivity contribution in [1.82, 2.24) is 10.3 Å². The molecular weight excluding hydrogens is 296 g/mol. The number of hydrogen-bond donors (Lipinski definition) is 4. The number of carbonyl (C=O) groups excluding carboxylic acids is 2. The average molecular weight is 308 g/mol. The lowest BCUT2D eigenvalue weighted by atomic mass is 10.2. The van der Waals surface area contributed by atoms with Gasteiger partial charge in [-0.3, -0.25) is 4.79 Å². The lowest BCUT2D eigenvalue weighted by molar-refractivity contribution is -0.140. The van der Waals surface area contributed by atoms with Gasteiger partial charge in [0.05, 0.1) is 22.1 Å². The lowest BCUT2D eigenvalue weighted by Gasteiger charge is -2.13. The largest absolute Gasteiger partial charge is 0.480 e. The number of hydrogen-bond acceptors (Lipinski definition) is 5. The number of aromatic nitrogens is 1. The quantitative estimate of drug-likeness (QED) is 0.646. The van der Waals surface area contributed by atoms with E-state index in [1.54, 1.807) is 23.7 Å². The molecule has 1 heterocycles. The molecule has 0 unspecified atom stereocenters. The highest BCUT2D eigenvalue weighted by molar-refractivity contribution is 7.16. The minimum Gasteiger partial charge on any atom is -0.480 e. The Morgan fingerprint density at radius 3 is 2.81 bits per heavy atom. The van der Waals surface area contributed by atoms with Gasteiger partial charge < -0.3 is 21.5 Å². The number of anilines is 1. The maximum Gasteiger partial charge on any atom is 0.326 e. The fourth-order valence-electron chi connectivity index (χ4n) is 1.66. The predicted octanol–water partition coefficient (Wildman–Crippen LogP) is 0.746. The molecule has 0 saturated carbocycles. The molecule has 1 aromatic carbocycles. The highest BCUT2D eigenvalue weighted by Gasteiger charge is 2.22. The van der Waals surface area contributed by atoms with Gasteiger partial charge in [-0.1, -0.05) is 0 Å². The summed E-state index contributed by atoms with van der Waals surface area (Å²) in [7, 11) is 0. The number of carbonyl (C=O) groups is 3. The summed E-state index contributed by atoms with van der Waals surface area (Å²) in [6, 6.07) is 3.00. The van der Waals surface area contributed by atoms with Gasteiger partial charge in [0, 0.05) is 5.69 Å². The number of primary amides is 1. The predicted molar refractivity (Wildman–Crippen MR) is 77.0 cm³/mol. The van der Waals surface area contributed by atoms with Gasteiger partial charge in [-0.25, -0.2) is 14.6 Å². The third-order valence-corrected chi connectivity index (χ3v) is 3.39.